The second-order valence-corrected chi connectivity index (χ2v) is 5.33. The molecule has 6 heteroatoms. The Morgan fingerprint density at radius 1 is 1.42 bits per heavy atom. The smallest absolute Gasteiger partial charge is 0.138 e. The van der Waals surface area contributed by atoms with E-state index in [4.69, 9.17) is 17.3 Å². The van der Waals surface area contributed by atoms with E-state index in [0.29, 0.717) is 11.1 Å². The first-order chi connectivity index (χ1) is 9.22. The van der Waals surface area contributed by atoms with Crippen molar-refractivity contribution in [2.24, 2.45) is 5.73 Å². The Labute approximate surface area is 117 Å². The number of likely N-dealkylation sites (tertiary alicyclic amines) is 1. The molecule has 2 aromatic rings. The van der Waals surface area contributed by atoms with Crippen LogP contribution in [0.5, 0.6) is 0 Å². The fourth-order valence-electron chi connectivity index (χ4n) is 2.46. The third kappa shape index (κ3) is 2.78. The van der Waals surface area contributed by atoms with E-state index in [0.717, 1.165) is 31.7 Å². The molecule has 1 unspecified atom stereocenters. The Morgan fingerprint density at radius 2 is 2.32 bits per heavy atom. The van der Waals surface area contributed by atoms with Gasteiger partial charge in [0.25, 0.3) is 0 Å². The minimum Gasteiger partial charge on any atom is -0.326 e. The minimum absolute atomic E-state index is 0.294. The highest BCUT2D eigenvalue weighted by Gasteiger charge is 2.20. The van der Waals surface area contributed by atoms with Gasteiger partial charge in [0, 0.05) is 30.7 Å². The molecule has 0 radical (unpaired) electrons. The number of nitrogens with two attached hydrogens (primary N) is 1. The third-order valence-electron chi connectivity index (χ3n) is 3.42. The van der Waals surface area contributed by atoms with Crippen LogP contribution >= 0.6 is 11.6 Å². The highest BCUT2D eigenvalue weighted by Crippen LogP contribution is 2.22. The van der Waals surface area contributed by atoms with Gasteiger partial charge in [-0.1, -0.05) is 17.7 Å². The molecule has 0 aliphatic carbocycles. The van der Waals surface area contributed by atoms with Crippen molar-refractivity contribution in [3.05, 3.63) is 41.4 Å². The first-order valence-corrected chi connectivity index (χ1v) is 6.71. The van der Waals surface area contributed by atoms with Crippen LogP contribution in [0, 0.1) is 0 Å². The summed E-state index contributed by atoms with van der Waals surface area (Å²) in [6.45, 7) is 2.85. The van der Waals surface area contributed by atoms with E-state index in [1.54, 1.807) is 11.0 Å². The van der Waals surface area contributed by atoms with E-state index in [-0.39, 0.29) is 0 Å². The van der Waals surface area contributed by atoms with Crippen LogP contribution in [0.3, 0.4) is 0 Å². The van der Waals surface area contributed by atoms with Crippen molar-refractivity contribution in [2.75, 3.05) is 13.1 Å². The number of rotatable bonds is 3. The lowest BCUT2D eigenvalue weighted by atomic mass is 10.1. The van der Waals surface area contributed by atoms with Crippen molar-refractivity contribution in [3.63, 3.8) is 0 Å². The van der Waals surface area contributed by atoms with Gasteiger partial charge in [0.05, 0.1) is 5.69 Å². The Hall–Kier alpha value is -1.43. The molecular weight excluding hydrogens is 262 g/mol. The zero-order valence-electron chi connectivity index (χ0n) is 10.5. The summed E-state index contributed by atoms with van der Waals surface area (Å²) in [6.07, 6.45) is 4.27. The van der Waals surface area contributed by atoms with Crippen molar-refractivity contribution in [3.8, 4) is 5.69 Å². The van der Waals surface area contributed by atoms with E-state index in [1.807, 2.05) is 18.2 Å². The van der Waals surface area contributed by atoms with E-state index < -0.39 is 0 Å². The first kappa shape index (κ1) is 12.6. The molecule has 0 amide bonds. The Kier molecular flexibility index (Phi) is 3.50. The van der Waals surface area contributed by atoms with Crippen LogP contribution in [-0.2, 0) is 6.54 Å². The van der Waals surface area contributed by atoms with Gasteiger partial charge in [-0.15, -0.1) is 0 Å². The highest BCUT2D eigenvalue weighted by atomic mass is 35.5. The zero-order chi connectivity index (χ0) is 13.2. The molecule has 1 aliphatic heterocycles. The lowest BCUT2D eigenvalue weighted by Crippen LogP contribution is -2.26. The van der Waals surface area contributed by atoms with Gasteiger partial charge >= 0.3 is 0 Å². The van der Waals surface area contributed by atoms with Crippen LogP contribution in [0.25, 0.3) is 5.69 Å². The van der Waals surface area contributed by atoms with Gasteiger partial charge in [-0.25, -0.2) is 9.67 Å². The number of hydrogen-bond acceptors (Lipinski definition) is 4. The quantitative estimate of drug-likeness (QED) is 0.923. The number of benzene rings is 1. The minimum atomic E-state index is 0.294. The average Bonchev–Trinajstić information content (AvgIpc) is 3.03. The molecule has 0 spiro atoms. The molecular formula is C13H16ClN5. The van der Waals surface area contributed by atoms with Gasteiger partial charge in [-0.05, 0) is 24.1 Å². The topological polar surface area (TPSA) is 60.0 Å². The molecule has 2 heterocycles. The van der Waals surface area contributed by atoms with Crippen molar-refractivity contribution in [2.45, 2.75) is 19.0 Å². The molecule has 2 N–H and O–H groups in total. The van der Waals surface area contributed by atoms with Crippen molar-refractivity contribution in [1.82, 2.24) is 19.7 Å². The second-order valence-electron chi connectivity index (χ2n) is 4.90. The molecule has 1 fully saturated rings. The maximum Gasteiger partial charge on any atom is 0.138 e. The lowest BCUT2D eigenvalue weighted by molar-refractivity contribution is 0.326. The predicted octanol–water partition coefficient (Wildman–Crippen LogP) is 1.45. The van der Waals surface area contributed by atoms with Crippen LogP contribution in [0.15, 0.2) is 30.9 Å². The molecule has 100 valence electrons. The molecule has 19 heavy (non-hydrogen) atoms. The molecule has 1 aliphatic rings. The third-order valence-corrected chi connectivity index (χ3v) is 3.65. The average molecular weight is 278 g/mol. The molecule has 1 aromatic heterocycles. The van der Waals surface area contributed by atoms with Crippen LogP contribution in [0.2, 0.25) is 5.02 Å². The van der Waals surface area contributed by atoms with Gasteiger partial charge in [0.1, 0.15) is 12.7 Å². The summed E-state index contributed by atoms with van der Waals surface area (Å²) < 4.78 is 1.75. The standard InChI is InChI=1S/C13H16ClN5/c14-11-2-1-10(6-18-4-3-12(15)7-18)13(5-11)19-9-16-8-17-19/h1-2,5,8-9,12H,3-4,6-7,15H2. The number of hydrogen-bond donors (Lipinski definition) is 1. The van der Waals surface area contributed by atoms with E-state index in [2.05, 4.69) is 15.0 Å². The Morgan fingerprint density at radius 3 is 3.00 bits per heavy atom. The number of nitrogens with zero attached hydrogens (tertiary/aromatic N) is 4. The largest absolute Gasteiger partial charge is 0.326 e. The summed E-state index contributed by atoms with van der Waals surface area (Å²) in [7, 11) is 0. The fourth-order valence-corrected chi connectivity index (χ4v) is 2.63. The van der Waals surface area contributed by atoms with Gasteiger partial charge in [-0.2, -0.15) is 5.10 Å². The summed E-state index contributed by atoms with van der Waals surface area (Å²) in [5.74, 6) is 0. The van der Waals surface area contributed by atoms with E-state index in [9.17, 15) is 0 Å². The van der Waals surface area contributed by atoms with Gasteiger partial charge < -0.3 is 5.73 Å². The zero-order valence-corrected chi connectivity index (χ0v) is 11.3. The summed E-state index contributed by atoms with van der Waals surface area (Å²) >= 11 is 6.08. The number of halogens is 1. The van der Waals surface area contributed by atoms with Crippen LogP contribution in [0.1, 0.15) is 12.0 Å². The van der Waals surface area contributed by atoms with Crippen molar-refractivity contribution < 1.29 is 0 Å². The monoisotopic (exact) mass is 277 g/mol. The highest BCUT2D eigenvalue weighted by molar-refractivity contribution is 6.30. The van der Waals surface area contributed by atoms with Gasteiger partial charge in [0.15, 0.2) is 0 Å². The Bertz CT molecular complexity index is 554. The van der Waals surface area contributed by atoms with E-state index in [1.165, 1.54) is 11.9 Å². The SMILES string of the molecule is NC1CCN(Cc2ccc(Cl)cc2-n2cncn2)C1. The van der Waals surface area contributed by atoms with E-state index >= 15 is 0 Å². The first-order valence-electron chi connectivity index (χ1n) is 6.34. The second kappa shape index (κ2) is 5.28. The Balaban J connectivity index is 1.88. The molecule has 0 saturated carbocycles. The van der Waals surface area contributed by atoms with Crippen LogP contribution in [-0.4, -0.2) is 38.8 Å². The molecule has 0 bridgehead atoms. The fraction of sp³-hybridized carbons (Fsp3) is 0.385. The maximum absolute atomic E-state index is 6.08. The normalized spacial score (nSPS) is 20.0. The van der Waals surface area contributed by atoms with Crippen molar-refractivity contribution in [1.29, 1.82) is 0 Å². The summed E-state index contributed by atoms with van der Waals surface area (Å²) in [5.41, 5.74) is 8.11. The molecule has 1 atom stereocenters. The summed E-state index contributed by atoms with van der Waals surface area (Å²) in [6, 6.07) is 6.17. The van der Waals surface area contributed by atoms with Crippen molar-refractivity contribution >= 4 is 11.6 Å². The van der Waals surface area contributed by atoms with Crippen LogP contribution < -0.4 is 5.73 Å². The summed E-state index contributed by atoms with van der Waals surface area (Å²) in [4.78, 5) is 6.34. The maximum atomic E-state index is 6.08. The summed E-state index contributed by atoms with van der Waals surface area (Å²) in [5, 5.41) is 4.88. The number of aromatic nitrogens is 3. The molecule has 5 nitrogen and oxygen atoms in total. The molecule has 1 saturated heterocycles. The molecule has 1 aromatic carbocycles. The predicted molar refractivity (Wildman–Crippen MR) is 74.2 cm³/mol. The van der Waals surface area contributed by atoms with Gasteiger partial charge in [0.2, 0.25) is 0 Å². The van der Waals surface area contributed by atoms with Crippen LogP contribution in [0.4, 0.5) is 0 Å². The lowest BCUT2D eigenvalue weighted by Gasteiger charge is -2.17. The molecule has 3 rings (SSSR count). The van der Waals surface area contributed by atoms with Gasteiger partial charge in [-0.3, -0.25) is 4.90 Å².